The average molecular weight is 468 g/mol. The number of rotatable bonds is 8. The second-order valence-corrected chi connectivity index (χ2v) is 7.90. The average Bonchev–Trinajstić information content (AvgIpc) is 3.42. The van der Waals surface area contributed by atoms with Gasteiger partial charge in [0.2, 0.25) is 0 Å². The first-order valence-corrected chi connectivity index (χ1v) is 10.6. The maximum atomic E-state index is 11.5. The van der Waals surface area contributed by atoms with Crippen molar-refractivity contribution in [3.05, 3.63) is 77.3 Å². The number of aliphatic hydroxyl groups is 1. The molecule has 1 saturated heterocycles. The maximum absolute atomic E-state index is 11.5. The van der Waals surface area contributed by atoms with Gasteiger partial charge in [0.1, 0.15) is 17.6 Å². The largest absolute Gasteiger partial charge is 0.478 e. The molecule has 9 nitrogen and oxygen atoms in total. The van der Waals surface area contributed by atoms with Crippen LogP contribution < -0.4 is 5.32 Å². The minimum atomic E-state index is -1.23. The van der Waals surface area contributed by atoms with Crippen molar-refractivity contribution in [2.45, 2.75) is 18.5 Å². The number of nitrogens with one attached hydrogen (secondary N) is 1. The molecule has 4 N–H and O–H groups in total. The van der Waals surface area contributed by atoms with E-state index in [-0.39, 0.29) is 29.8 Å². The molecule has 2 aromatic heterocycles. The van der Waals surface area contributed by atoms with Crippen LogP contribution in [0.25, 0.3) is 11.3 Å². The fraction of sp³-hybridized carbons (Fsp3) is 0.217. The van der Waals surface area contributed by atoms with Crippen LogP contribution in [0.2, 0.25) is 0 Å². The fourth-order valence-corrected chi connectivity index (χ4v) is 4.21. The third-order valence-corrected chi connectivity index (χ3v) is 5.74. The first kappa shape index (κ1) is 22.4. The summed E-state index contributed by atoms with van der Waals surface area (Å²) in [4.78, 5) is 29.3. The van der Waals surface area contributed by atoms with Crippen molar-refractivity contribution in [2.75, 3.05) is 13.2 Å². The summed E-state index contributed by atoms with van der Waals surface area (Å²) in [7, 11) is 0. The number of aromatic carboxylic acids is 2. The Morgan fingerprint density at radius 1 is 1.09 bits per heavy atom. The molecular formula is C23H21N3O6S. The highest BCUT2D eigenvalue weighted by Crippen LogP contribution is 2.40. The molecule has 10 heteroatoms. The van der Waals surface area contributed by atoms with Crippen LogP contribution in [0.15, 0.2) is 59.1 Å². The summed E-state index contributed by atoms with van der Waals surface area (Å²) >= 11 is 5.53. The summed E-state index contributed by atoms with van der Waals surface area (Å²) < 4.78 is 6.12. The van der Waals surface area contributed by atoms with E-state index in [1.807, 2.05) is 23.1 Å². The summed E-state index contributed by atoms with van der Waals surface area (Å²) in [6.07, 6.45) is 2.19. The van der Waals surface area contributed by atoms with Crippen molar-refractivity contribution in [2.24, 2.45) is 0 Å². The smallest absolute Gasteiger partial charge is 0.335 e. The number of aromatic nitrogens is 1. The third-order valence-electron chi connectivity index (χ3n) is 5.38. The van der Waals surface area contributed by atoms with Gasteiger partial charge in [0, 0.05) is 24.9 Å². The molecule has 3 aromatic rings. The summed E-state index contributed by atoms with van der Waals surface area (Å²) in [6.45, 7) is 0.494. The van der Waals surface area contributed by atoms with Gasteiger partial charge in [-0.1, -0.05) is 6.07 Å². The second kappa shape index (κ2) is 9.39. The third kappa shape index (κ3) is 4.57. The lowest BCUT2D eigenvalue weighted by Gasteiger charge is -2.25. The van der Waals surface area contributed by atoms with Crippen molar-refractivity contribution in [3.8, 4) is 11.3 Å². The number of carbonyl (C=O) groups is 2. The monoisotopic (exact) mass is 467 g/mol. The van der Waals surface area contributed by atoms with Crippen molar-refractivity contribution < 1.29 is 29.3 Å². The predicted octanol–water partition coefficient (Wildman–Crippen LogP) is 3.09. The minimum absolute atomic E-state index is 0.00341. The van der Waals surface area contributed by atoms with Gasteiger partial charge in [-0.25, -0.2) is 9.59 Å². The molecule has 3 heterocycles. The van der Waals surface area contributed by atoms with Gasteiger partial charge in [-0.3, -0.25) is 4.98 Å². The summed E-state index contributed by atoms with van der Waals surface area (Å²) in [5.74, 6) is -1.59. The lowest BCUT2D eigenvalue weighted by Crippen LogP contribution is -2.30. The molecule has 1 fully saturated rings. The van der Waals surface area contributed by atoms with Crippen LogP contribution in [0.1, 0.15) is 50.7 Å². The number of pyridine rings is 1. The molecule has 0 aliphatic carbocycles. The Balaban J connectivity index is 1.75. The van der Waals surface area contributed by atoms with Gasteiger partial charge in [-0.15, -0.1) is 0 Å². The molecule has 0 amide bonds. The number of nitrogens with zero attached hydrogens (tertiary/aromatic N) is 2. The van der Waals surface area contributed by atoms with E-state index in [1.165, 1.54) is 12.1 Å². The van der Waals surface area contributed by atoms with Crippen LogP contribution in [-0.2, 0) is 0 Å². The van der Waals surface area contributed by atoms with Crippen molar-refractivity contribution in [3.63, 3.8) is 0 Å². The normalized spacial score (nSPS) is 17.7. The van der Waals surface area contributed by atoms with Crippen LogP contribution in [0, 0.1) is 0 Å². The lowest BCUT2D eigenvalue weighted by atomic mass is 10.0. The molecular weight excluding hydrogens is 446 g/mol. The van der Waals surface area contributed by atoms with Crippen LogP contribution in [0.3, 0.4) is 0 Å². The van der Waals surface area contributed by atoms with E-state index in [9.17, 15) is 24.9 Å². The Hall–Kier alpha value is -3.76. The first-order valence-electron chi connectivity index (χ1n) is 10.2. The number of carboxylic acids is 2. The number of carboxylic acid groups (broad SMARTS) is 2. The predicted molar refractivity (Wildman–Crippen MR) is 122 cm³/mol. The van der Waals surface area contributed by atoms with Crippen LogP contribution in [-0.4, -0.2) is 55.4 Å². The Bertz CT molecular complexity index is 1160. The highest BCUT2D eigenvalue weighted by atomic mass is 32.1. The molecule has 0 radical (unpaired) electrons. The van der Waals surface area contributed by atoms with Gasteiger partial charge in [0.25, 0.3) is 0 Å². The Morgan fingerprint density at radius 3 is 2.42 bits per heavy atom. The summed E-state index contributed by atoms with van der Waals surface area (Å²) in [5, 5.41) is 31.8. The standard InChI is InChI=1S/C23H21N3O6S/c27-9-3-8-26-20(19(25-23(26)33)16-4-1-2-7-24-16)18-6-5-17(32-18)13-10-14(21(28)29)12-15(11-13)22(30)31/h1-2,4-7,10-12,19-20,27H,3,8-9H2,(H,25,33)(H,28,29)(H,30,31)/t19-,20+/m0/s1. The molecule has 1 aliphatic heterocycles. The molecule has 0 unspecified atom stereocenters. The van der Waals surface area contributed by atoms with Crippen LogP contribution in [0.4, 0.5) is 0 Å². The molecule has 1 aromatic carbocycles. The van der Waals surface area contributed by atoms with E-state index < -0.39 is 11.9 Å². The van der Waals surface area contributed by atoms with Gasteiger partial charge >= 0.3 is 11.9 Å². The van der Waals surface area contributed by atoms with E-state index in [0.717, 1.165) is 11.8 Å². The molecule has 1 aliphatic rings. The van der Waals surface area contributed by atoms with Crippen molar-refractivity contribution in [1.82, 2.24) is 15.2 Å². The highest BCUT2D eigenvalue weighted by molar-refractivity contribution is 7.80. The SMILES string of the molecule is O=C(O)c1cc(C(=O)O)cc(-c2ccc([C@@H]3[C@H](c4ccccn4)NC(=S)N3CCCO)o2)c1. The zero-order chi connectivity index (χ0) is 23.5. The lowest BCUT2D eigenvalue weighted by molar-refractivity contribution is 0.0696. The van der Waals surface area contributed by atoms with E-state index in [2.05, 4.69) is 10.3 Å². The topological polar surface area (TPSA) is 136 Å². The van der Waals surface area contributed by atoms with Gasteiger partial charge in [0.15, 0.2) is 5.11 Å². The van der Waals surface area contributed by atoms with Gasteiger partial charge in [-0.2, -0.15) is 0 Å². The number of aliphatic hydroxyl groups excluding tert-OH is 1. The Kier molecular flexibility index (Phi) is 6.38. The second-order valence-electron chi connectivity index (χ2n) is 7.51. The van der Waals surface area contributed by atoms with Crippen LogP contribution >= 0.6 is 12.2 Å². The van der Waals surface area contributed by atoms with Crippen molar-refractivity contribution >= 4 is 29.3 Å². The molecule has 170 valence electrons. The summed E-state index contributed by atoms with van der Waals surface area (Å²) in [6, 6.07) is 12.2. The number of hydrogen-bond acceptors (Lipinski definition) is 6. The number of benzene rings is 1. The molecule has 2 atom stereocenters. The van der Waals surface area contributed by atoms with Crippen LogP contribution in [0.5, 0.6) is 0 Å². The molecule has 4 rings (SSSR count). The van der Waals surface area contributed by atoms with Gasteiger partial charge < -0.3 is 30.0 Å². The molecule has 33 heavy (non-hydrogen) atoms. The fourth-order valence-electron chi connectivity index (χ4n) is 3.88. The maximum Gasteiger partial charge on any atom is 0.335 e. The molecule has 0 bridgehead atoms. The van der Waals surface area contributed by atoms with Gasteiger partial charge in [-0.05, 0) is 61.1 Å². The van der Waals surface area contributed by atoms with E-state index in [0.29, 0.717) is 35.2 Å². The Labute approximate surface area is 194 Å². The molecule has 0 saturated carbocycles. The van der Waals surface area contributed by atoms with Crippen molar-refractivity contribution in [1.29, 1.82) is 0 Å². The molecule has 0 spiro atoms. The van der Waals surface area contributed by atoms with E-state index >= 15 is 0 Å². The Morgan fingerprint density at radius 2 is 1.82 bits per heavy atom. The number of hydrogen-bond donors (Lipinski definition) is 4. The van der Waals surface area contributed by atoms with E-state index in [1.54, 1.807) is 18.3 Å². The minimum Gasteiger partial charge on any atom is -0.478 e. The zero-order valence-electron chi connectivity index (χ0n) is 17.3. The number of thiocarbonyl (C=S) groups is 1. The first-order chi connectivity index (χ1) is 15.9. The van der Waals surface area contributed by atoms with Gasteiger partial charge in [0.05, 0.1) is 22.9 Å². The highest BCUT2D eigenvalue weighted by Gasteiger charge is 2.41. The zero-order valence-corrected chi connectivity index (χ0v) is 18.2. The summed E-state index contributed by atoms with van der Waals surface area (Å²) in [5.41, 5.74) is 0.795. The quantitative estimate of drug-likeness (QED) is 0.366. The van der Waals surface area contributed by atoms with E-state index in [4.69, 9.17) is 16.6 Å². The number of furan rings is 1.